The van der Waals surface area contributed by atoms with Gasteiger partial charge in [0.1, 0.15) is 0 Å². The summed E-state index contributed by atoms with van der Waals surface area (Å²) in [4.78, 5) is 24.8. The van der Waals surface area contributed by atoms with Gasteiger partial charge in [-0.25, -0.2) is 5.43 Å². The highest BCUT2D eigenvalue weighted by molar-refractivity contribution is 5.97. The van der Waals surface area contributed by atoms with Crippen molar-refractivity contribution >= 4 is 11.7 Å². The van der Waals surface area contributed by atoms with Gasteiger partial charge in [-0.15, -0.1) is 0 Å². The fraction of sp³-hybridized carbons (Fsp3) is 0.333. The van der Waals surface area contributed by atoms with E-state index in [4.69, 9.17) is 0 Å². The average Bonchev–Trinajstić information content (AvgIpc) is 2.52. The van der Waals surface area contributed by atoms with Crippen LogP contribution in [-0.2, 0) is 0 Å². The maximum Gasteiger partial charge on any atom is 0.265 e. The molecule has 1 amide bonds. The van der Waals surface area contributed by atoms with E-state index >= 15 is 0 Å². The molecule has 0 heterocycles. The van der Waals surface area contributed by atoms with E-state index in [0.29, 0.717) is 11.1 Å². The molecule has 0 bridgehead atoms. The molecular formula is C21H26N2O2. The second-order valence-corrected chi connectivity index (χ2v) is 7.31. The number of nitrogens with one attached hydrogen (secondary N) is 2. The number of Topliss-reactive ketones (excluding diaryl/α,β-unsaturated/α-hetero) is 1. The Labute approximate surface area is 149 Å². The largest absolute Gasteiger partial charge is 0.294 e. The lowest BCUT2D eigenvalue weighted by molar-refractivity contribution is 0.0870. The minimum Gasteiger partial charge on any atom is -0.294 e. The number of amides is 1. The SMILES string of the molecule is Cc1ccc(C(=O)NNC(C)(C)CC(=O)c2cc(C)cc(C)c2)cc1. The molecule has 25 heavy (non-hydrogen) atoms. The van der Waals surface area contributed by atoms with Gasteiger partial charge in [0.05, 0.1) is 0 Å². The number of hydrogen-bond donors (Lipinski definition) is 2. The van der Waals surface area contributed by atoms with Crippen LogP contribution < -0.4 is 10.9 Å². The van der Waals surface area contributed by atoms with Crippen molar-refractivity contribution in [3.8, 4) is 0 Å². The van der Waals surface area contributed by atoms with E-state index in [0.717, 1.165) is 16.7 Å². The predicted octanol–water partition coefficient (Wildman–Crippen LogP) is 3.90. The summed E-state index contributed by atoms with van der Waals surface area (Å²) in [6.45, 7) is 9.72. The third-order valence-corrected chi connectivity index (χ3v) is 3.97. The Morgan fingerprint density at radius 3 is 1.96 bits per heavy atom. The van der Waals surface area contributed by atoms with Crippen LogP contribution in [0.5, 0.6) is 0 Å². The van der Waals surface area contributed by atoms with Crippen molar-refractivity contribution in [2.24, 2.45) is 0 Å². The van der Waals surface area contributed by atoms with Crippen molar-refractivity contribution in [3.63, 3.8) is 0 Å². The van der Waals surface area contributed by atoms with Crippen LogP contribution in [0.1, 0.15) is 57.7 Å². The highest BCUT2D eigenvalue weighted by Gasteiger charge is 2.23. The van der Waals surface area contributed by atoms with Crippen molar-refractivity contribution in [3.05, 3.63) is 70.3 Å². The summed E-state index contributed by atoms with van der Waals surface area (Å²) in [7, 11) is 0. The van der Waals surface area contributed by atoms with E-state index in [-0.39, 0.29) is 18.1 Å². The van der Waals surface area contributed by atoms with Crippen LogP contribution in [0.15, 0.2) is 42.5 Å². The van der Waals surface area contributed by atoms with Crippen molar-refractivity contribution in [1.82, 2.24) is 10.9 Å². The van der Waals surface area contributed by atoms with Crippen molar-refractivity contribution in [2.75, 3.05) is 0 Å². The Kier molecular flexibility index (Phi) is 5.75. The standard InChI is InChI=1S/C21H26N2O2/c1-14-6-8-17(9-7-14)20(25)22-23-21(4,5)13-19(24)18-11-15(2)10-16(3)12-18/h6-12,23H,13H2,1-5H3,(H,22,25). The lowest BCUT2D eigenvalue weighted by Crippen LogP contribution is -2.51. The second-order valence-electron chi connectivity index (χ2n) is 7.31. The van der Waals surface area contributed by atoms with Crippen LogP contribution in [0.4, 0.5) is 0 Å². The first-order valence-corrected chi connectivity index (χ1v) is 8.42. The number of carbonyl (C=O) groups is 2. The molecule has 2 rings (SSSR count). The van der Waals surface area contributed by atoms with Crippen molar-refractivity contribution in [2.45, 2.75) is 46.6 Å². The molecule has 0 aliphatic heterocycles. The normalized spacial score (nSPS) is 11.2. The number of aryl methyl sites for hydroxylation is 3. The Morgan fingerprint density at radius 2 is 1.40 bits per heavy atom. The molecule has 0 saturated heterocycles. The van der Waals surface area contributed by atoms with Crippen LogP contribution in [0, 0.1) is 20.8 Å². The first-order chi connectivity index (χ1) is 11.7. The van der Waals surface area contributed by atoms with Crippen LogP contribution >= 0.6 is 0 Å². The molecule has 0 saturated carbocycles. The Morgan fingerprint density at radius 1 is 0.840 bits per heavy atom. The monoisotopic (exact) mass is 338 g/mol. The Balaban J connectivity index is 1.97. The molecule has 4 nitrogen and oxygen atoms in total. The van der Waals surface area contributed by atoms with Crippen LogP contribution in [-0.4, -0.2) is 17.2 Å². The molecule has 0 spiro atoms. The van der Waals surface area contributed by atoms with Gasteiger partial charge in [0.25, 0.3) is 5.91 Å². The molecule has 0 fully saturated rings. The van der Waals surface area contributed by atoms with E-state index in [2.05, 4.69) is 10.9 Å². The summed E-state index contributed by atoms with van der Waals surface area (Å²) in [5.74, 6) is -0.166. The molecule has 0 radical (unpaired) electrons. The second kappa shape index (κ2) is 7.62. The summed E-state index contributed by atoms with van der Waals surface area (Å²) < 4.78 is 0. The van der Waals surface area contributed by atoms with Gasteiger partial charge in [-0.2, -0.15) is 0 Å². The first kappa shape index (κ1) is 18.9. The molecule has 0 atom stereocenters. The van der Waals surface area contributed by atoms with Crippen molar-refractivity contribution < 1.29 is 9.59 Å². The predicted molar refractivity (Wildman–Crippen MR) is 101 cm³/mol. The van der Waals surface area contributed by atoms with Gasteiger partial charge in [-0.1, -0.05) is 34.9 Å². The maximum atomic E-state index is 12.6. The third-order valence-electron chi connectivity index (χ3n) is 3.97. The Hall–Kier alpha value is -2.46. The summed E-state index contributed by atoms with van der Waals surface area (Å²) in [5.41, 5.74) is 9.65. The summed E-state index contributed by atoms with van der Waals surface area (Å²) in [6.07, 6.45) is 0.282. The molecule has 0 unspecified atom stereocenters. The minimum absolute atomic E-state index is 0.0499. The lowest BCUT2D eigenvalue weighted by atomic mass is 9.93. The van der Waals surface area contributed by atoms with Gasteiger partial charge in [0.15, 0.2) is 5.78 Å². The smallest absolute Gasteiger partial charge is 0.265 e. The molecule has 2 aromatic rings. The van der Waals surface area contributed by atoms with Gasteiger partial charge in [0, 0.05) is 23.1 Å². The molecule has 2 N–H and O–H groups in total. The molecule has 0 aromatic heterocycles. The molecule has 2 aromatic carbocycles. The number of ketones is 1. The summed E-state index contributed by atoms with van der Waals surface area (Å²) in [6, 6.07) is 13.2. The van der Waals surface area contributed by atoms with Crippen LogP contribution in [0.2, 0.25) is 0 Å². The van der Waals surface area contributed by atoms with Gasteiger partial charge in [0.2, 0.25) is 0 Å². The summed E-state index contributed by atoms with van der Waals surface area (Å²) >= 11 is 0. The molecular weight excluding hydrogens is 312 g/mol. The first-order valence-electron chi connectivity index (χ1n) is 8.42. The van der Waals surface area contributed by atoms with E-state index in [9.17, 15) is 9.59 Å². The molecule has 0 aliphatic rings. The van der Waals surface area contributed by atoms with E-state index < -0.39 is 5.54 Å². The zero-order valence-corrected chi connectivity index (χ0v) is 15.6. The third kappa shape index (κ3) is 5.54. The maximum absolute atomic E-state index is 12.6. The summed E-state index contributed by atoms with van der Waals surface area (Å²) in [5, 5.41) is 0. The molecule has 4 heteroatoms. The lowest BCUT2D eigenvalue weighted by Gasteiger charge is -2.26. The van der Waals surface area contributed by atoms with Crippen molar-refractivity contribution in [1.29, 1.82) is 0 Å². The van der Waals surface area contributed by atoms with E-state index in [1.165, 1.54) is 0 Å². The minimum atomic E-state index is -0.560. The van der Waals surface area contributed by atoms with Gasteiger partial charge < -0.3 is 0 Å². The number of carbonyl (C=O) groups excluding carboxylic acids is 2. The average molecular weight is 338 g/mol. The molecule has 132 valence electrons. The molecule has 0 aliphatic carbocycles. The van der Waals surface area contributed by atoms with E-state index in [1.807, 2.05) is 65.0 Å². The topological polar surface area (TPSA) is 58.2 Å². The fourth-order valence-electron chi connectivity index (χ4n) is 2.69. The number of rotatable bonds is 6. The van der Waals surface area contributed by atoms with Crippen LogP contribution in [0.25, 0.3) is 0 Å². The zero-order chi connectivity index (χ0) is 18.6. The number of hydrogen-bond acceptors (Lipinski definition) is 3. The highest BCUT2D eigenvalue weighted by Crippen LogP contribution is 2.16. The highest BCUT2D eigenvalue weighted by atomic mass is 16.2. The fourth-order valence-corrected chi connectivity index (χ4v) is 2.69. The Bertz CT molecular complexity index is 757. The van der Waals surface area contributed by atoms with Gasteiger partial charge >= 0.3 is 0 Å². The van der Waals surface area contributed by atoms with Gasteiger partial charge in [-0.3, -0.25) is 15.0 Å². The number of benzene rings is 2. The quantitative estimate of drug-likeness (QED) is 0.620. The number of hydrazine groups is 1. The van der Waals surface area contributed by atoms with Crippen LogP contribution in [0.3, 0.4) is 0 Å². The zero-order valence-electron chi connectivity index (χ0n) is 15.6. The van der Waals surface area contributed by atoms with Gasteiger partial charge in [-0.05, 0) is 58.9 Å². The van der Waals surface area contributed by atoms with E-state index in [1.54, 1.807) is 12.1 Å².